The van der Waals surface area contributed by atoms with Gasteiger partial charge in [-0.25, -0.2) is 4.98 Å². The summed E-state index contributed by atoms with van der Waals surface area (Å²) < 4.78 is 12.5. The number of aromatic nitrogens is 2. The van der Waals surface area contributed by atoms with E-state index in [1.54, 1.807) is 6.92 Å². The quantitative estimate of drug-likeness (QED) is 0.490. The molecular formula is C17H22BrClN4O2. The second-order valence-corrected chi connectivity index (χ2v) is 6.09. The van der Waals surface area contributed by atoms with E-state index in [1.807, 2.05) is 24.3 Å². The van der Waals surface area contributed by atoms with Crippen molar-refractivity contribution >= 4 is 40.1 Å². The molecule has 6 nitrogen and oxygen atoms in total. The van der Waals surface area contributed by atoms with Gasteiger partial charge < -0.3 is 20.9 Å². The van der Waals surface area contributed by atoms with E-state index in [0.29, 0.717) is 31.1 Å². The minimum Gasteiger partial charge on any atom is -0.493 e. The number of halogens is 2. The number of ether oxygens (including phenoxy) is 2. The lowest BCUT2D eigenvalue weighted by Crippen LogP contribution is -2.10. The zero-order valence-corrected chi connectivity index (χ0v) is 16.4. The van der Waals surface area contributed by atoms with Gasteiger partial charge in [0.25, 0.3) is 0 Å². The van der Waals surface area contributed by atoms with E-state index in [9.17, 15) is 0 Å². The minimum atomic E-state index is 0. The number of nitrogen functional groups attached to an aromatic ring is 2. The first-order valence-electron chi connectivity index (χ1n) is 7.55. The van der Waals surface area contributed by atoms with E-state index < -0.39 is 0 Å². The fourth-order valence-corrected chi connectivity index (χ4v) is 2.61. The third kappa shape index (κ3) is 6.10. The van der Waals surface area contributed by atoms with Gasteiger partial charge in [-0.05, 0) is 37.1 Å². The van der Waals surface area contributed by atoms with Crippen LogP contribution in [0.4, 0.5) is 11.8 Å². The van der Waals surface area contributed by atoms with Crippen molar-refractivity contribution in [2.24, 2.45) is 0 Å². The van der Waals surface area contributed by atoms with Crippen LogP contribution in [0.15, 0.2) is 35.3 Å². The Kier molecular flexibility index (Phi) is 8.51. The molecule has 0 spiro atoms. The number of benzene rings is 1. The number of aryl methyl sites for hydroxylation is 1. The third-order valence-corrected chi connectivity index (χ3v) is 3.75. The molecule has 0 saturated heterocycles. The normalized spacial score (nSPS) is 10.0. The number of hydrogen-bond acceptors (Lipinski definition) is 6. The van der Waals surface area contributed by atoms with Crippen LogP contribution in [-0.4, -0.2) is 23.2 Å². The zero-order chi connectivity index (χ0) is 17.5. The summed E-state index contributed by atoms with van der Waals surface area (Å²) >= 11 is 3.46. The molecule has 0 aliphatic heterocycles. The van der Waals surface area contributed by atoms with E-state index in [-0.39, 0.29) is 24.2 Å². The molecular weight excluding hydrogens is 408 g/mol. The summed E-state index contributed by atoms with van der Waals surface area (Å²) in [5, 5.41) is 0. The predicted octanol–water partition coefficient (Wildman–Crippen LogP) is 3.71. The molecule has 136 valence electrons. The summed E-state index contributed by atoms with van der Waals surface area (Å²) in [7, 11) is 0. The monoisotopic (exact) mass is 428 g/mol. The Morgan fingerprint density at radius 3 is 2.60 bits per heavy atom. The van der Waals surface area contributed by atoms with Gasteiger partial charge in [0.15, 0.2) is 11.6 Å². The molecule has 0 unspecified atom stereocenters. The van der Waals surface area contributed by atoms with Crippen LogP contribution in [0, 0.1) is 6.92 Å². The van der Waals surface area contributed by atoms with Crippen LogP contribution >= 0.6 is 28.3 Å². The molecule has 1 aromatic heterocycles. The Morgan fingerprint density at radius 1 is 1.20 bits per heavy atom. The molecule has 2 rings (SSSR count). The predicted molar refractivity (Wildman–Crippen MR) is 106 cm³/mol. The molecule has 0 bridgehead atoms. The molecule has 0 amide bonds. The first kappa shape index (κ1) is 21.1. The first-order valence-corrected chi connectivity index (χ1v) is 8.35. The summed E-state index contributed by atoms with van der Waals surface area (Å²) in [6, 6.07) is 5.93. The van der Waals surface area contributed by atoms with E-state index in [1.165, 1.54) is 0 Å². The van der Waals surface area contributed by atoms with Crippen LogP contribution in [-0.2, 0) is 6.42 Å². The Morgan fingerprint density at radius 2 is 1.92 bits per heavy atom. The second kappa shape index (κ2) is 10.1. The number of rotatable bonds is 8. The van der Waals surface area contributed by atoms with Gasteiger partial charge in [0.05, 0.1) is 18.9 Å². The maximum atomic E-state index is 5.83. The highest BCUT2D eigenvalue weighted by atomic mass is 79.9. The molecule has 1 heterocycles. The van der Waals surface area contributed by atoms with Gasteiger partial charge in [-0.2, -0.15) is 4.98 Å². The van der Waals surface area contributed by atoms with Gasteiger partial charge >= 0.3 is 0 Å². The van der Waals surface area contributed by atoms with Crippen LogP contribution < -0.4 is 20.9 Å². The van der Waals surface area contributed by atoms with Crippen LogP contribution in [0.25, 0.3) is 0 Å². The van der Waals surface area contributed by atoms with Crippen molar-refractivity contribution in [3.63, 3.8) is 0 Å². The molecule has 4 N–H and O–H groups in total. The summed E-state index contributed by atoms with van der Waals surface area (Å²) in [6.45, 7) is 6.53. The molecule has 8 heteroatoms. The summed E-state index contributed by atoms with van der Waals surface area (Å²) in [5.41, 5.74) is 13.0. The fourth-order valence-electron chi connectivity index (χ4n) is 2.20. The van der Waals surface area contributed by atoms with E-state index >= 15 is 0 Å². The molecule has 0 saturated carbocycles. The number of nitrogens with two attached hydrogens (primary N) is 2. The summed E-state index contributed by atoms with van der Waals surface area (Å²) in [5.74, 6) is 1.72. The number of allylic oxidation sites excluding steroid dienone is 1. The molecule has 0 aliphatic rings. The van der Waals surface area contributed by atoms with Gasteiger partial charge in [0.2, 0.25) is 5.95 Å². The van der Waals surface area contributed by atoms with Crippen molar-refractivity contribution in [2.45, 2.75) is 19.8 Å². The topological polar surface area (TPSA) is 96.3 Å². The molecule has 25 heavy (non-hydrogen) atoms. The maximum Gasteiger partial charge on any atom is 0.222 e. The lowest BCUT2D eigenvalue weighted by Gasteiger charge is -2.13. The Bertz CT molecular complexity index is 705. The van der Waals surface area contributed by atoms with Crippen molar-refractivity contribution in [1.82, 2.24) is 9.97 Å². The molecule has 0 radical (unpaired) electrons. The van der Waals surface area contributed by atoms with Crippen molar-refractivity contribution in [1.29, 1.82) is 0 Å². The summed E-state index contributed by atoms with van der Waals surface area (Å²) in [4.78, 5) is 7.93. The van der Waals surface area contributed by atoms with Crippen LogP contribution in [0.1, 0.15) is 17.7 Å². The fraction of sp³-hybridized carbons (Fsp3) is 0.294. The van der Waals surface area contributed by atoms with Gasteiger partial charge in [-0.3, -0.25) is 0 Å². The van der Waals surface area contributed by atoms with Crippen LogP contribution in [0.5, 0.6) is 11.5 Å². The number of anilines is 2. The lowest BCUT2D eigenvalue weighted by molar-refractivity contribution is 0.245. The maximum absolute atomic E-state index is 5.83. The van der Waals surface area contributed by atoms with Crippen molar-refractivity contribution in [2.75, 3.05) is 24.7 Å². The highest BCUT2D eigenvalue weighted by Gasteiger charge is 2.09. The lowest BCUT2D eigenvalue weighted by atomic mass is 10.1. The van der Waals surface area contributed by atoms with Crippen molar-refractivity contribution in [3.8, 4) is 11.5 Å². The smallest absolute Gasteiger partial charge is 0.222 e. The SMILES string of the molecule is C=CCc1cc(Br)ccc1OCCCOc1c(C)nc(N)nc1N.Cl. The Hall–Kier alpha value is -1.99. The molecule has 2 aromatic rings. The van der Waals surface area contributed by atoms with Crippen molar-refractivity contribution < 1.29 is 9.47 Å². The molecule has 0 aliphatic carbocycles. The highest BCUT2D eigenvalue weighted by molar-refractivity contribution is 9.10. The van der Waals surface area contributed by atoms with Crippen LogP contribution in [0.3, 0.4) is 0 Å². The van der Waals surface area contributed by atoms with Gasteiger partial charge in [0.1, 0.15) is 5.75 Å². The largest absolute Gasteiger partial charge is 0.493 e. The molecule has 1 aromatic carbocycles. The standard InChI is InChI=1S/C17H21BrN4O2.ClH/c1-3-5-12-10-13(18)6-7-14(12)23-8-4-9-24-15-11(2)21-17(20)22-16(15)19;/h3,6-7,10H,1,4-5,8-9H2,2H3,(H4,19,20,21,22);1H. The average molecular weight is 430 g/mol. The third-order valence-electron chi connectivity index (χ3n) is 3.26. The zero-order valence-electron chi connectivity index (χ0n) is 14.0. The first-order chi connectivity index (χ1) is 11.5. The van der Waals surface area contributed by atoms with Gasteiger partial charge in [-0.1, -0.05) is 22.0 Å². The number of nitrogens with zero attached hydrogens (tertiary/aromatic N) is 2. The Labute approximate surface area is 162 Å². The summed E-state index contributed by atoms with van der Waals surface area (Å²) in [6.07, 6.45) is 3.31. The number of hydrogen-bond donors (Lipinski definition) is 2. The highest BCUT2D eigenvalue weighted by Crippen LogP contribution is 2.25. The van der Waals surface area contributed by atoms with Gasteiger partial charge in [-0.15, -0.1) is 19.0 Å². The molecule has 0 fully saturated rings. The minimum absolute atomic E-state index is 0. The van der Waals surface area contributed by atoms with Crippen molar-refractivity contribution in [3.05, 3.63) is 46.6 Å². The molecule has 0 atom stereocenters. The second-order valence-electron chi connectivity index (χ2n) is 5.18. The van der Waals surface area contributed by atoms with Gasteiger partial charge in [0, 0.05) is 10.9 Å². The Balaban J connectivity index is 0.00000312. The van der Waals surface area contributed by atoms with Crippen LogP contribution in [0.2, 0.25) is 0 Å². The van der Waals surface area contributed by atoms with E-state index in [4.69, 9.17) is 20.9 Å². The van der Waals surface area contributed by atoms with E-state index in [2.05, 4.69) is 32.5 Å². The average Bonchev–Trinajstić information content (AvgIpc) is 2.51. The van der Waals surface area contributed by atoms with E-state index in [0.717, 1.165) is 22.2 Å².